The highest BCUT2D eigenvalue weighted by atomic mass is 16.5. The third-order valence-corrected chi connectivity index (χ3v) is 3.91. The van der Waals surface area contributed by atoms with Gasteiger partial charge in [-0.25, -0.2) is 5.43 Å². The molecule has 0 atom stereocenters. The Kier molecular flexibility index (Phi) is 4.66. The standard InChI is InChI=1S/C20H18N2O3/c1-13-9-14(7-8-19(13)25-2)12-21-22-20(24)17-10-15-5-3-4-6-16(15)11-18(17)23/h3-12,23H,1-2H3,(H,22,24). The number of hydrazone groups is 1. The normalized spacial score (nSPS) is 11.0. The first-order valence-electron chi connectivity index (χ1n) is 7.78. The van der Waals surface area contributed by atoms with Crippen molar-refractivity contribution in [3.63, 3.8) is 0 Å². The number of rotatable bonds is 4. The van der Waals surface area contributed by atoms with Crippen LogP contribution < -0.4 is 10.2 Å². The number of aromatic hydroxyl groups is 1. The van der Waals surface area contributed by atoms with Gasteiger partial charge in [0.2, 0.25) is 0 Å². The summed E-state index contributed by atoms with van der Waals surface area (Å²) in [6.45, 7) is 1.93. The number of hydrogen-bond acceptors (Lipinski definition) is 4. The number of ether oxygens (including phenoxy) is 1. The molecule has 0 spiro atoms. The van der Waals surface area contributed by atoms with Crippen LogP contribution in [0.3, 0.4) is 0 Å². The van der Waals surface area contributed by atoms with Crippen LogP contribution in [0.1, 0.15) is 21.5 Å². The van der Waals surface area contributed by atoms with Crippen LogP contribution >= 0.6 is 0 Å². The highest BCUT2D eigenvalue weighted by Gasteiger charge is 2.11. The lowest BCUT2D eigenvalue weighted by molar-refractivity contribution is 0.0952. The smallest absolute Gasteiger partial charge is 0.275 e. The molecule has 25 heavy (non-hydrogen) atoms. The molecule has 0 aliphatic heterocycles. The molecule has 5 heteroatoms. The van der Waals surface area contributed by atoms with E-state index in [1.54, 1.807) is 25.5 Å². The average Bonchev–Trinajstić information content (AvgIpc) is 2.61. The zero-order valence-corrected chi connectivity index (χ0v) is 14.0. The van der Waals surface area contributed by atoms with Crippen molar-refractivity contribution in [3.8, 4) is 11.5 Å². The minimum absolute atomic E-state index is 0.0771. The average molecular weight is 334 g/mol. The number of benzene rings is 3. The molecule has 0 aromatic heterocycles. The van der Waals surface area contributed by atoms with E-state index in [2.05, 4.69) is 10.5 Å². The summed E-state index contributed by atoms with van der Waals surface area (Å²) in [6.07, 6.45) is 1.54. The highest BCUT2D eigenvalue weighted by Crippen LogP contribution is 2.24. The molecule has 1 amide bonds. The van der Waals surface area contributed by atoms with Crippen molar-refractivity contribution in [1.29, 1.82) is 0 Å². The third-order valence-electron chi connectivity index (χ3n) is 3.91. The second kappa shape index (κ2) is 7.05. The summed E-state index contributed by atoms with van der Waals surface area (Å²) in [4.78, 5) is 12.3. The Morgan fingerprint density at radius 2 is 1.84 bits per heavy atom. The van der Waals surface area contributed by atoms with Crippen LogP contribution in [0.5, 0.6) is 11.5 Å². The molecule has 0 saturated heterocycles. The molecule has 3 aromatic carbocycles. The van der Waals surface area contributed by atoms with Crippen LogP contribution in [0.25, 0.3) is 10.8 Å². The van der Waals surface area contributed by atoms with Gasteiger partial charge in [-0.05, 0) is 59.2 Å². The van der Waals surface area contributed by atoms with E-state index in [0.717, 1.165) is 27.6 Å². The van der Waals surface area contributed by atoms with Gasteiger partial charge in [-0.15, -0.1) is 0 Å². The first-order valence-corrected chi connectivity index (χ1v) is 7.78. The minimum Gasteiger partial charge on any atom is -0.507 e. The number of carbonyl (C=O) groups is 1. The lowest BCUT2D eigenvalue weighted by atomic mass is 10.1. The first-order chi connectivity index (χ1) is 12.1. The van der Waals surface area contributed by atoms with Crippen LogP contribution in [0, 0.1) is 6.92 Å². The van der Waals surface area contributed by atoms with E-state index in [1.165, 1.54) is 0 Å². The minimum atomic E-state index is -0.468. The number of nitrogens with zero attached hydrogens (tertiary/aromatic N) is 1. The van der Waals surface area contributed by atoms with E-state index >= 15 is 0 Å². The molecule has 0 fully saturated rings. The predicted molar refractivity (Wildman–Crippen MR) is 98.4 cm³/mol. The second-order valence-corrected chi connectivity index (χ2v) is 5.64. The van der Waals surface area contributed by atoms with Gasteiger partial charge in [0.15, 0.2) is 0 Å². The van der Waals surface area contributed by atoms with Gasteiger partial charge in [-0.2, -0.15) is 5.10 Å². The largest absolute Gasteiger partial charge is 0.507 e. The molecule has 126 valence electrons. The van der Waals surface area contributed by atoms with Crippen LogP contribution in [0.15, 0.2) is 59.7 Å². The molecule has 0 aliphatic carbocycles. The zero-order chi connectivity index (χ0) is 17.8. The van der Waals surface area contributed by atoms with Gasteiger partial charge < -0.3 is 9.84 Å². The van der Waals surface area contributed by atoms with Crippen LogP contribution in [0.4, 0.5) is 0 Å². The molecule has 0 unspecified atom stereocenters. The van der Waals surface area contributed by atoms with Crippen LogP contribution in [-0.2, 0) is 0 Å². The van der Waals surface area contributed by atoms with E-state index in [-0.39, 0.29) is 11.3 Å². The monoisotopic (exact) mass is 334 g/mol. The molecular weight excluding hydrogens is 316 g/mol. The fraction of sp³-hybridized carbons (Fsp3) is 0.100. The van der Waals surface area contributed by atoms with E-state index in [0.29, 0.717) is 0 Å². The Morgan fingerprint density at radius 1 is 1.12 bits per heavy atom. The molecule has 3 rings (SSSR count). The lowest BCUT2D eigenvalue weighted by Crippen LogP contribution is -2.17. The van der Waals surface area contributed by atoms with Crippen molar-refractivity contribution >= 4 is 22.9 Å². The van der Waals surface area contributed by atoms with Crippen molar-refractivity contribution < 1.29 is 14.6 Å². The summed E-state index contributed by atoms with van der Waals surface area (Å²) >= 11 is 0. The summed E-state index contributed by atoms with van der Waals surface area (Å²) < 4.78 is 5.21. The zero-order valence-electron chi connectivity index (χ0n) is 14.0. The Labute approximate surface area is 145 Å². The third kappa shape index (κ3) is 3.61. The Morgan fingerprint density at radius 3 is 2.52 bits per heavy atom. The van der Waals surface area contributed by atoms with Gasteiger partial charge in [0.25, 0.3) is 5.91 Å². The van der Waals surface area contributed by atoms with Crippen molar-refractivity contribution in [2.75, 3.05) is 7.11 Å². The van der Waals surface area contributed by atoms with Crippen LogP contribution in [-0.4, -0.2) is 24.3 Å². The van der Waals surface area contributed by atoms with Gasteiger partial charge in [0.1, 0.15) is 11.5 Å². The van der Waals surface area contributed by atoms with Gasteiger partial charge in [-0.1, -0.05) is 24.3 Å². The topological polar surface area (TPSA) is 70.9 Å². The van der Waals surface area contributed by atoms with Gasteiger partial charge in [0, 0.05) is 0 Å². The second-order valence-electron chi connectivity index (χ2n) is 5.64. The Balaban J connectivity index is 1.76. The molecule has 0 bridgehead atoms. The fourth-order valence-corrected chi connectivity index (χ4v) is 2.62. The Hall–Kier alpha value is -3.34. The number of methoxy groups -OCH3 is 1. The van der Waals surface area contributed by atoms with Gasteiger partial charge >= 0.3 is 0 Å². The number of hydrogen-bond donors (Lipinski definition) is 2. The molecule has 0 saturated carbocycles. The molecule has 5 nitrogen and oxygen atoms in total. The summed E-state index contributed by atoms with van der Waals surface area (Å²) in [7, 11) is 1.62. The summed E-state index contributed by atoms with van der Waals surface area (Å²) in [5, 5.41) is 15.8. The van der Waals surface area contributed by atoms with E-state index in [9.17, 15) is 9.90 Å². The van der Waals surface area contributed by atoms with Gasteiger partial charge in [-0.3, -0.25) is 4.79 Å². The van der Waals surface area contributed by atoms with E-state index < -0.39 is 5.91 Å². The maximum atomic E-state index is 12.3. The number of phenolic OH excluding ortho intramolecular Hbond substituents is 1. The molecule has 0 aliphatic rings. The number of nitrogens with one attached hydrogen (secondary N) is 1. The maximum absolute atomic E-state index is 12.3. The summed E-state index contributed by atoms with van der Waals surface area (Å²) in [6, 6.07) is 16.3. The van der Waals surface area contributed by atoms with Crippen molar-refractivity contribution in [3.05, 3.63) is 71.3 Å². The first kappa shape index (κ1) is 16.5. The van der Waals surface area contributed by atoms with Crippen molar-refractivity contribution in [1.82, 2.24) is 5.43 Å². The number of aryl methyl sites for hydroxylation is 1. The molecule has 0 heterocycles. The van der Waals surface area contributed by atoms with Gasteiger partial charge in [0.05, 0.1) is 18.9 Å². The lowest BCUT2D eigenvalue weighted by Gasteiger charge is -2.06. The van der Waals surface area contributed by atoms with E-state index in [1.807, 2.05) is 49.4 Å². The van der Waals surface area contributed by atoms with Crippen molar-refractivity contribution in [2.45, 2.75) is 6.92 Å². The molecular formula is C20H18N2O3. The summed E-state index contributed by atoms with van der Waals surface area (Å²) in [5.74, 6) is 0.249. The number of phenols is 1. The van der Waals surface area contributed by atoms with Crippen molar-refractivity contribution in [2.24, 2.45) is 5.10 Å². The SMILES string of the molecule is COc1ccc(C=NNC(=O)c2cc3ccccc3cc2O)cc1C. The summed E-state index contributed by atoms with van der Waals surface area (Å²) in [5.41, 5.74) is 4.43. The molecule has 3 aromatic rings. The Bertz CT molecular complexity index is 964. The number of amides is 1. The van der Waals surface area contributed by atoms with E-state index in [4.69, 9.17) is 4.74 Å². The highest BCUT2D eigenvalue weighted by molar-refractivity contribution is 6.01. The molecule has 2 N–H and O–H groups in total. The molecule has 0 radical (unpaired) electrons. The maximum Gasteiger partial charge on any atom is 0.275 e. The number of carbonyl (C=O) groups excluding carboxylic acids is 1. The predicted octanol–water partition coefficient (Wildman–Crippen LogP) is 3.63. The van der Waals surface area contributed by atoms with Crippen LogP contribution in [0.2, 0.25) is 0 Å². The number of fused-ring (bicyclic) bond motifs is 1. The quantitative estimate of drug-likeness (QED) is 0.565. The fourth-order valence-electron chi connectivity index (χ4n) is 2.62.